The number of nitro groups is 1. The first-order chi connectivity index (χ1) is 11.9. The van der Waals surface area contributed by atoms with Crippen molar-refractivity contribution in [3.05, 3.63) is 39.9 Å². The van der Waals surface area contributed by atoms with Crippen LogP contribution in [-0.4, -0.2) is 51.3 Å². The zero-order valence-electron chi connectivity index (χ0n) is 13.2. The van der Waals surface area contributed by atoms with Crippen molar-refractivity contribution in [1.82, 2.24) is 4.90 Å². The van der Waals surface area contributed by atoms with Gasteiger partial charge in [0.05, 0.1) is 16.9 Å². The van der Waals surface area contributed by atoms with Crippen molar-refractivity contribution in [2.24, 2.45) is 5.92 Å². The van der Waals surface area contributed by atoms with Crippen molar-refractivity contribution in [3.63, 3.8) is 0 Å². The van der Waals surface area contributed by atoms with Crippen LogP contribution in [0.15, 0.2) is 24.3 Å². The van der Waals surface area contributed by atoms with Crippen molar-refractivity contribution in [2.45, 2.75) is 31.5 Å². The summed E-state index contributed by atoms with van der Waals surface area (Å²) in [6.07, 6.45) is 0.367. The summed E-state index contributed by atoms with van der Waals surface area (Å²) in [7, 11) is 0. The lowest BCUT2D eigenvalue weighted by atomic mass is 9.85. The molecule has 0 spiro atoms. The number of amides is 1. The number of Topliss-reactive ketones (excluding diaryl/α,β-unsaturated/α-hetero) is 1. The van der Waals surface area contributed by atoms with E-state index in [-0.39, 0.29) is 49.5 Å². The minimum atomic E-state index is -1.23. The summed E-state index contributed by atoms with van der Waals surface area (Å²) >= 11 is 0. The largest absolute Gasteiger partial charge is 0.459 e. The lowest BCUT2D eigenvalue weighted by Gasteiger charge is -2.43. The maximum Gasteiger partial charge on any atom is 0.337 e. The Morgan fingerprint density at radius 3 is 2.60 bits per heavy atom. The first-order valence-electron chi connectivity index (χ1n) is 7.79. The van der Waals surface area contributed by atoms with Crippen LogP contribution in [0, 0.1) is 16.0 Å². The Bertz CT molecular complexity index is 731. The molecule has 1 aromatic carbocycles. The van der Waals surface area contributed by atoms with Gasteiger partial charge in [-0.15, -0.1) is 0 Å². The second-order valence-electron chi connectivity index (χ2n) is 6.04. The average molecular weight is 348 g/mol. The van der Waals surface area contributed by atoms with Crippen LogP contribution in [0.4, 0.5) is 5.69 Å². The molecular formula is C16H16N2O7. The SMILES string of the molecule is O=C1C[C@@H]2[C@H](CCO)C(=O)N2C1C(=O)OCc1ccc([N+](=O)[O-])cc1. The number of ether oxygens (including phenoxy) is 1. The van der Waals surface area contributed by atoms with Gasteiger partial charge in [-0.25, -0.2) is 4.79 Å². The Morgan fingerprint density at radius 2 is 2.00 bits per heavy atom. The molecule has 1 N–H and O–H groups in total. The molecule has 3 atom stereocenters. The number of rotatable bonds is 6. The maximum absolute atomic E-state index is 12.2. The number of ketones is 1. The number of esters is 1. The molecule has 2 heterocycles. The Morgan fingerprint density at radius 1 is 1.32 bits per heavy atom. The number of β-lactam (4-membered cyclic amide) rings is 1. The smallest absolute Gasteiger partial charge is 0.337 e. The summed E-state index contributed by atoms with van der Waals surface area (Å²) in [6.45, 7) is -0.294. The van der Waals surface area contributed by atoms with E-state index in [2.05, 4.69) is 0 Å². The number of aliphatic hydroxyl groups excluding tert-OH is 1. The third kappa shape index (κ3) is 2.98. The molecule has 3 rings (SSSR count). The van der Waals surface area contributed by atoms with Gasteiger partial charge in [-0.3, -0.25) is 19.7 Å². The molecule has 1 aromatic rings. The molecule has 0 bridgehead atoms. The van der Waals surface area contributed by atoms with Gasteiger partial charge in [0, 0.05) is 25.2 Å². The molecule has 2 aliphatic heterocycles. The summed E-state index contributed by atoms with van der Waals surface area (Å²) < 4.78 is 5.11. The van der Waals surface area contributed by atoms with E-state index in [1.54, 1.807) is 0 Å². The van der Waals surface area contributed by atoms with Crippen molar-refractivity contribution >= 4 is 23.3 Å². The lowest BCUT2D eigenvalue weighted by Crippen LogP contribution is -2.62. The molecule has 0 aliphatic carbocycles. The van der Waals surface area contributed by atoms with Gasteiger partial charge in [0.1, 0.15) is 6.61 Å². The molecule has 1 amide bonds. The fourth-order valence-electron chi connectivity index (χ4n) is 3.31. The van der Waals surface area contributed by atoms with Gasteiger partial charge in [-0.2, -0.15) is 0 Å². The predicted molar refractivity (Wildman–Crippen MR) is 82.1 cm³/mol. The number of nitrogens with zero attached hydrogens (tertiary/aromatic N) is 2. The van der Waals surface area contributed by atoms with E-state index in [9.17, 15) is 24.5 Å². The summed E-state index contributed by atoms with van der Waals surface area (Å²) in [4.78, 5) is 47.6. The molecule has 0 saturated carbocycles. The van der Waals surface area contributed by atoms with Crippen LogP contribution >= 0.6 is 0 Å². The average Bonchev–Trinajstić information content (AvgIpc) is 2.91. The van der Waals surface area contributed by atoms with Gasteiger partial charge < -0.3 is 14.7 Å². The van der Waals surface area contributed by atoms with E-state index in [0.717, 1.165) is 0 Å². The third-order valence-corrected chi connectivity index (χ3v) is 4.58. The van der Waals surface area contributed by atoms with Gasteiger partial charge in [0.2, 0.25) is 5.91 Å². The van der Waals surface area contributed by atoms with Crippen LogP contribution in [0.1, 0.15) is 18.4 Å². The molecule has 9 heteroatoms. The van der Waals surface area contributed by atoms with Crippen LogP contribution in [0.2, 0.25) is 0 Å². The van der Waals surface area contributed by atoms with E-state index in [0.29, 0.717) is 5.56 Å². The molecule has 25 heavy (non-hydrogen) atoms. The van der Waals surface area contributed by atoms with Crippen LogP contribution in [0.5, 0.6) is 0 Å². The number of hydrogen-bond donors (Lipinski definition) is 1. The van der Waals surface area contributed by atoms with Crippen LogP contribution in [0.3, 0.4) is 0 Å². The van der Waals surface area contributed by atoms with E-state index >= 15 is 0 Å². The van der Waals surface area contributed by atoms with Crippen LogP contribution < -0.4 is 0 Å². The predicted octanol–water partition coefficient (Wildman–Crippen LogP) is 0.189. The Kier molecular flexibility index (Phi) is 4.49. The van der Waals surface area contributed by atoms with Crippen molar-refractivity contribution in [3.8, 4) is 0 Å². The zero-order valence-corrected chi connectivity index (χ0v) is 13.2. The summed E-state index contributed by atoms with van der Waals surface area (Å²) in [5.74, 6) is -1.90. The summed E-state index contributed by atoms with van der Waals surface area (Å²) in [5.41, 5.74) is 0.457. The first-order valence-corrected chi connectivity index (χ1v) is 7.79. The molecule has 132 valence electrons. The third-order valence-electron chi connectivity index (χ3n) is 4.58. The van der Waals surface area contributed by atoms with Gasteiger partial charge >= 0.3 is 5.97 Å². The van der Waals surface area contributed by atoms with E-state index in [1.807, 2.05) is 0 Å². The molecule has 9 nitrogen and oxygen atoms in total. The lowest BCUT2D eigenvalue weighted by molar-refractivity contribution is -0.384. The van der Waals surface area contributed by atoms with Crippen LogP contribution in [0.25, 0.3) is 0 Å². The molecule has 2 aliphatic rings. The second kappa shape index (κ2) is 6.60. The van der Waals surface area contributed by atoms with Crippen molar-refractivity contribution < 1.29 is 29.2 Å². The van der Waals surface area contributed by atoms with E-state index < -0.39 is 22.9 Å². The number of fused-ring (bicyclic) bond motifs is 1. The molecule has 2 saturated heterocycles. The fourth-order valence-corrected chi connectivity index (χ4v) is 3.31. The highest BCUT2D eigenvalue weighted by Crippen LogP contribution is 2.39. The number of benzene rings is 1. The van der Waals surface area contributed by atoms with Crippen molar-refractivity contribution in [1.29, 1.82) is 0 Å². The topological polar surface area (TPSA) is 127 Å². The molecule has 0 radical (unpaired) electrons. The van der Waals surface area contributed by atoms with Gasteiger partial charge in [-0.1, -0.05) is 0 Å². The first kappa shape index (κ1) is 17.0. The number of aliphatic hydroxyl groups is 1. The van der Waals surface area contributed by atoms with Crippen LogP contribution in [-0.2, 0) is 25.7 Å². The highest BCUT2D eigenvalue weighted by Gasteiger charge is 2.59. The Hall–Kier alpha value is -2.81. The molecular weight excluding hydrogens is 332 g/mol. The molecule has 1 unspecified atom stereocenters. The molecule has 2 fully saturated rings. The molecule has 0 aromatic heterocycles. The number of carbonyl (C=O) groups is 3. The Balaban J connectivity index is 1.61. The monoisotopic (exact) mass is 348 g/mol. The Labute approximate surface area is 142 Å². The standard InChI is InChI=1S/C16H16N2O7/c19-6-5-11-12-7-13(20)14(17(12)15(11)21)16(22)25-8-9-1-3-10(4-2-9)18(23)24/h1-4,11-12,14,19H,5-8H2/t11-,12+,14?/m0/s1. The minimum Gasteiger partial charge on any atom is -0.459 e. The second-order valence-corrected chi connectivity index (χ2v) is 6.04. The van der Waals surface area contributed by atoms with E-state index in [1.165, 1.54) is 29.2 Å². The zero-order chi connectivity index (χ0) is 18.1. The summed E-state index contributed by atoms with van der Waals surface area (Å²) in [5, 5.41) is 19.6. The number of carbonyl (C=O) groups excluding carboxylic acids is 3. The van der Waals surface area contributed by atoms with Crippen molar-refractivity contribution in [2.75, 3.05) is 6.61 Å². The summed E-state index contributed by atoms with van der Waals surface area (Å²) in [6, 6.07) is 3.92. The fraction of sp³-hybridized carbons (Fsp3) is 0.438. The minimum absolute atomic E-state index is 0.0787. The van der Waals surface area contributed by atoms with Gasteiger partial charge in [0.15, 0.2) is 11.8 Å². The maximum atomic E-state index is 12.2. The van der Waals surface area contributed by atoms with Gasteiger partial charge in [0.25, 0.3) is 5.69 Å². The van der Waals surface area contributed by atoms with E-state index in [4.69, 9.17) is 9.84 Å². The normalized spacial score (nSPS) is 24.7. The number of non-ortho nitro benzene ring substituents is 1. The highest BCUT2D eigenvalue weighted by molar-refractivity contribution is 6.11. The van der Waals surface area contributed by atoms with Gasteiger partial charge in [-0.05, 0) is 24.1 Å². The highest BCUT2D eigenvalue weighted by atomic mass is 16.6. The quantitative estimate of drug-likeness (QED) is 0.255. The number of nitro benzene ring substituents is 1. The number of hydrogen-bond acceptors (Lipinski definition) is 7.